The standard InChI is InChI=1S/C13H22N2O4S2/c1-5-6-10(2)15-21(18,19)13-9-11(20(4,16)17)7-8-12(13)14-3/h7-10,14-15H,5-6H2,1-4H3. The van der Waals surface area contributed by atoms with E-state index in [9.17, 15) is 16.8 Å². The average Bonchev–Trinajstić information content (AvgIpc) is 2.36. The van der Waals surface area contributed by atoms with E-state index in [1.54, 1.807) is 14.0 Å². The second kappa shape index (κ2) is 6.76. The van der Waals surface area contributed by atoms with Gasteiger partial charge in [-0.05, 0) is 31.5 Å². The largest absolute Gasteiger partial charge is 0.387 e. The second-order valence-corrected chi connectivity index (χ2v) is 8.69. The van der Waals surface area contributed by atoms with Crippen LogP contribution in [0, 0.1) is 0 Å². The number of hydrogen-bond acceptors (Lipinski definition) is 5. The zero-order valence-electron chi connectivity index (χ0n) is 12.7. The smallest absolute Gasteiger partial charge is 0.242 e. The first-order valence-corrected chi connectivity index (χ1v) is 10.0. The van der Waals surface area contributed by atoms with Crippen molar-refractivity contribution in [1.29, 1.82) is 0 Å². The molecule has 0 spiro atoms. The molecule has 21 heavy (non-hydrogen) atoms. The van der Waals surface area contributed by atoms with Crippen LogP contribution in [0.25, 0.3) is 0 Å². The maximum atomic E-state index is 12.4. The summed E-state index contributed by atoms with van der Waals surface area (Å²) in [6.07, 6.45) is 2.61. The van der Waals surface area contributed by atoms with Crippen molar-refractivity contribution >= 4 is 25.5 Å². The molecule has 0 aliphatic rings. The van der Waals surface area contributed by atoms with Gasteiger partial charge in [0.15, 0.2) is 9.84 Å². The van der Waals surface area contributed by atoms with Crippen molar-refractivity contribution < 1.29 is 16.8 Å². The van der Waals surface area contributed by atoms with Gasteiger partial charge in [-0.2, -0.15) is 0 Å². The zero-order chi connectivity index (χ0) is 16.3. The molecule has 0 fully saturated rings. The van der Waals surface area contributed by atoms with E-state index >= 15 is 0 Å². The van der Waals surface area contributed by atoms with Gasteiger partial charge in [-0.1, -0.05) is 13.3 Å². The van der Waals surface area contributed by atoms with Crippen LogP contribution in [0.4, 0.5) is 5.69 Å². The van der Waals surface area contributed by atoms with Gasteiger partial charge in [-0.25, -0.2) is 21.6 Å². The Morgan fingerprint density at radius 2 is 1.81 bits per heavy atom. The minimum absolute atomic E-state index is 0.0231. The molecule has 1 aromatic carbocycles. The molecule has 8 heteroatoms. The predicted molar refractivity (Wildman–Crippen MR) is 83.8 cm³/mol. The quantitative estimate of drug-likeness (QED) is 0.790. The highest BCUT2D eigenvalue weighted by molar-refractivity contribution is 7.91. The topological polar surface area (TPSA) is 92.3 Å². The van der Waals surface area contributed by atoms with Gasteiger partial charge in [-0.15, -0.1) is 0 Å². The molecule has 120 valence electrons. The van der Waals surface area contributed by atoms with Crippen molar-refractivity contribution in [2.24, 2.45) is 0 Å². The molecule has 1 aromatic rings. The fraction of sp³-hybridized carbons (Fsp3) is 0.538. The molecule has 0 saturated carbocycles. The third kappa shape index (κ3) is 4.69. The molecule has 1 rings (SSSR count). The van der Waals surface area contributed by atoms with E-state index in [-0.39, 0.29) is 15.8 Å². The van der Waals surface area contributed by atoms with Gasteiger partial charge in [0.1, 0.15) is 4.90 Å². The average molecular weight is 334 g/mol. The summed E-state index contributed by atoms with van der Waals surface area (Å²) < 4.78 is 50.6. The third-order valence-electron chi connectivity index (χ3n) is 3.02. The molecule has 0 amide bonds. The highest BCUT2D eigenvalue weighted by Crippen LogP contribution is 2.25. The van der Waals surface area contributed by atoms with Crippen molar-refractivity contribution in [3.63, 3.8) is 0 Å². The van der Waals surface area contributed by atoms with E-state index in [4.69, 9.17) is 0 Å². The van der Waals surface area contributed by atoms with Gasteiger partial charge in [0.25, 0.3) is 0 Å². The molecule has 2 N–H and O–H groups in total. The summed E-state index contributed by atoms with van der Waals surface area (Å²) in [5, 5.41) is 2.77. The summed E-state index contributed by atoms with van der Waals surface area (Å²) in [6.45, 7) is 3.74. The fourth-order valence-electron chi connectivity index (χ4n) is 1.98. The highest BCUT2D eigenvalue weighted by Gasteiger charge is 2.22. The highest BCUT2D eigenvalue weighted by atomic mass is 32.2. The lowest BCUT2D eigenvalue weighted by atomic mass is 10.2. The lowest BCUT2D eigenvalue weighted by Gasteiger charge is -2.16. The van der Waals surface area contributed by atoms with Crippen LogP contribution in [0.15, 0.2) is 28.0 Å². The molecule has 0 aromatic heterocycles. The van der Waals surface area contributed by atoms with Crippen LogP contribution in [0.3, 0.4) is 0 Å². The molecule has 0 aliphatic heterocycles. The lowest BCUT2D eigenvalue weighted by molar-refractivity contribution is 0.544. The Morgan fingerprint density at radius 1 is 1.19 bits per heavy atom. The Kier molecular flexibility index (Phi) is 5.77. The van der Waals surface area contributed by atoms with Crippen molar-refractivity contribution in [3.8, 4) is 0 Å². The number of sulfonamides is 1. The van der Waals surface area contributed by atoms with E-state index in [1.165, 1.54) is 18.2 Å². The van der Waals surface area contributed by atoms with Crippen LogP contribution in [0.1, 0.15) is 26.7 Å². The summed E-state index contributed by atoms with van der Waals surface area (Å²) in [7, 11) is -5.67. The molecule has 0 aliphatic carbocycles. The number of benzene rings is 1. The van der Waals surface area contributed by atoms with Gasteiger partial charge in [0, 0.05) is 19.3 Å². The maximum absolute atomic E-state index is 12.4. The summed E-state index contributed by atoms with van der Waals surface area (Å²) in [6, 6.07) is 3.80. The summed E-state index contributed by atoms with van der Waals surface area (Å²) in [5.74, 6) is 0. The normalized spacial score (nSPS) is 13.9. The van der Waals surface area contributed by atoms with E-state index in [2.05, 4.69) is 10.0 Å². The van der Waals surface area contributed by atoms with Gasteiger partial charge >= 0.3 is 0 Å². The Hall–Kier alpha value is -1.12. The Bertz CT molecular complexity index is 697. The van der Waals surface area contributed by atoms with Crippen LogP contribution in [0.2, 0.25) is 0 Å². The lowest BCUT2D eigenvalue weighted by Crippen LogP contribution is -2.33. The second-order valence-electron chi connectivity index (χ2n) is 4.99. The minimum Gasteiger partial charge on any atom is -0.387 e. The SMILES string of the molecule is CCCC(C)NS(=O)(=O)c1cc(S(C)(=O)=O)ccc1NC. The van der Waals surface area contributed by atoms with Gasteiger partial charge < -0.3 is 5.32 Å². The van der Waals surface area contributed by atoms with E-state index in [1.807, 2.05) is 6.92 Å². The van der Waals surface area contributed by atoms with Gasteiger partial charge in [0.05, 0.1) is 10.6 Å². The Morgan fingerprint density at radius 3 is 2.29 bits per heavy atom. The monoisotopic (exact) mass is 334 g/mol. The van der Waals surface area contributed by atoms with Crippen molar-refractivity contribution in [3.05, 3.63) is 18.2 Å². The number of nitrogens with one attached hydrogen (secondary N) is 2. The zero-order valence-corrected chi connectivity index (χ0v) is 14.3. The molecule has 6 nitrogen and oxygen atoms in total. The van der Waals surface area contributed by atoms with Gasteiger partial charge in [0.2, 0.25) is 10.0 Å². The van der Waals surface area contributed by atoms with E-state index < -0.39 is 19.9 Å². The summed E-state index contributed by atoms with van der Waals surface area (Å²) in [5.41, 5.74) is 0.360. The van der Waals surface area contributed by atoms with E-state index in [0.717, 1.165) is 12.7 Å². The Balaban J connectivity index is 3.32. The minimum atomic E-state index is -3.78. The van der Waals surface area contributed by atoms with Crippen LogP contribution in [-0.2, 0) is 19.9 Å². The summed E-state index contributed by atoms with van der Waals surface area (Å²) in [4.78, 5) is -0.0825. The number of sulfone groups is 1. The molecule has 0 heterocycles. The first-order valence-electron chi connectivity index (χ1n) is 6.66. The number of rotatable bonds is 7. The van der Waals surface area contributed by atoms with Crippen LogP contribution in [-0.4, -0.2) is 36.2 Å². The van der Waals surface area contributed by atoms with Gasteiger partial charge in [-0.3, -0.25) is 0 Å². The number of anilines is 1. The molecular weight excluding hydrogens is 312 g/mol. The van der Waals surface area contributed by atoms with Crippen molar-refractivity contribution in [1.82, 2.24) is 4.72 Å². The molecule has 0 saturated heterocycles. The maximum Gasteiger partial charge on any atom is 0.242 e. The number of hydrogen-bond donors (Lipinski definition) is 2. The molecule has 0 bridgehead atoms. The third-order valence-corrected chi connectivity index (χ3v) is 5.76. The predicted octanol–water partition coefficient (Wildman–Crippen LogP) is 1.60. The van der Waals surface area contributed by atoms with E-state index in [0.29, 0.717) is 12.1 Å². The Labute approximate surface area is 126 Å². The van der Waals surface area contributed by atoms with Crippen LogP contribution in [0.5, 0.6) is 0 Å². The molecule has 0 radical (unpaired) electrons. The van der Waals surface area contributed by atoms with Crippen LogP contribution < -0.4 is 10.0 Å². The van der Waals surface area contributed by atoms with Crippen LogP contribution >= 0.6 is 0 Å². The summed E-state index contributed by atoms with van der Waals surface area (Å²) >= 11 is 0. The molecular formula is C13H22N2O4S2. The fourth-order valence-corrected chi connectivity index (χ4v) is 4.22. The first kappa shape index (κ1) is 17.9. The molecule has 1 unspecified atom stereocenters. The van der Waals surface area contributed by atoms with Crippen molar-refractivity contribution in [2.75, 3.05) is 18.6 Å². The van der Waals surface area contributed by atoms with Crippen molar-refractivity contribution in [2.45, 2.75) is 42.5 Å². The first-order chi connectivity index (χ1) is 9.61. The molecule has 1 atom stereocenters.